The van der Waals surface area contributed by atoms with Crippen LogP contribution in [0.1, 0.15) is 26.0 Å². The highest BCUT2D eigenvalue weighted by Gasteiger charge is 2.26. The Hall–Kier alpha value is -3.17. The van der Waals surface area contributed by atoms with Gasteiger partial charge in [0, 0.05) is 24.7 Å². The Balaban J connectivity index is 1.28. The van der Waals surface area contributed by atoms with Gasteiger partial charge in [-0.25, -0.2) is 4.68 Å². The standard InChI is InChI=1S/C23H28N6O3/c1-17(2)11-13-31-23-9-8-21(30)22(32-23)16-29-14-19(24-26-29)10-12-28-15-20(25-27-28)18-6-4-3-5-7-18/h3-9,14-15,17,22-23H,10-13,16H2,1-2H3/t22-,23+/m1/s1. The van der Waals surface area contributed by atoms with Crippen molar-refractivity contribution in [3.63, 3.8) is 0 Å². The molecule has 0 unspecified atom stereocenters. The first-order valence-electron chi connectivity index (χ1n) is 10.9. The van der Waals surface area contributed by atoms with Crippen molar-refractivity contribution in [1.29, 1.82) is 0 Å². The van der Waals surface area contributed by atoms with Gasteiger partial charge >= 0.3 is 0 Å². The van der Waals surface area contributed by atoms with E-state index in [1.165, 1.54) is 6.08 Å². The number of carbonyl (C=O) groups excluding carboxylic acids is 1. The molecule has 0 saturated carbocycles. The molecule has 1 aromatic carbocycles. The van der Waals surface area contributed by atoms with Crippen LogP contribution in [0.25, 0.3) is 11.3 Å². The number of benzene rings is 1. The minimum absolute atomic E-state index is 0.0955. The summed E-state index contributed by atoms with van der Waals surface area (Å²) >= 11 is 0. The molecule has 0 amide bonds. The molecular weight excluding hydrogens is 408 g/mol. The van der Waals surface area contributed by atoms with Gasteiger partial charge in [-0.2, -0.15) is 0 Å². The first-order chi connectivity index (χ1) is 15.6. The molecule has 2 aromatic heterocycles. The fourth-order valence-corrected chi connectivity index (χ4v) is 3.29. The molecule has 168 valence electrons. The third kappa shape index (κ3) is 5.95. The number of aromatic nitrogens is 6. The topological polar surface area (TPSA) is 97.0 Å². The van der Waals surface area contributed by atoms with Gasteiger partial charge in [0.25, 0.3) is 0 Å². The van der Waals surface area contributed by atoms with E-state index in [1.54, 1.807) is 15.4 Å². The van der Waals surface area contributed by atoms with E-state index in [1.807, 2.05) is 42.7 Å². The smallest absolute Gasteiger partial charge is 0.186 e. The number of rotatable bonds is 10. The predicted molar refractivity (Wildman–Crippen MR) is 117 cm³/mol. The Morgan fingerprint density at radius 3 is 2.72 bits per heavy atom. The molecule has 0 spiro atoms. The molecule has 0 N–H and O–H groups in total. The summed E-state index contributed by atoms with van der Waals surface area (Å²) in [6, 6.07) is 9.93. The molecule has 0 fully saturated rings. The fourth-order valence-electron chi connectivity index (χ4n) is 3.29. The Labute approximate surface area is 187 Å². The van der Waals surface area contributed by atoms with E-state index in [0.717, 1.165) is 23.4 Å². The molecule has 1 aliphatic rings. The van der Waals surface area contributed by atoms with Gasteiger partial charge in [0.1, 0.15) is 11.8 Å². The van der Waals surface area contributed by atoms with Crippen molar-refractivity contribution in [2.45, 2.75) is 52.2 Å². The zero-order chi connectivity index (χ0) is 22.3. The maximum Gasteiger partial charge on any atom is 0.186 e. The Morgan fingerprint density at radius 2 is 1.91 bits per heavy atom. The second kappa shape index (κ2) is 10.4. The van der Waals surface area contributed by atoms with Crippen LogP contribution in [0.4, 0.5) is 0 Å². The molecule has 3 heterocycles. The van der Waals surface area contributed by atoms with Crippen molar-refractivity contribution < 1.29 is 14.3 Å². The quantitative estimate of drug-likeness (QED) is 0.482. The average Bonchev–Trinajstić information content (AvgIpc) is 3.44. The van der Waals surface area contributed by atoms with Crippen LogP contribution < -0.4 is 0 Å². The summed E-state index contributed by atoms with van der Waals surface area (Å²) in [5.41, 5.74) is 2.67. The maximum atomic E-state index is 12.2. The highest BCUT2D eigenvalue weighted by molar-refractivity contribution is 5.94. The zero-order valence-corrected chi connectivity index (χ0v) is 18.4. The van der Waals surface area contributed by atoms with E-state index < -0.39 is 12.4 Å². The highest BCUT2D eigenvalue weighted by atomic mass is 16.7. The number of aryl methyl sites for hydroxylation is 2. The van der Waals surface area contributed by atoms with Crippen molar-refractivity contribution in [3.8, 4) is 11.3 Å². The molecular formula is C23H28N6O3. The first kappa shape index (κ1) is 22.0. The van der Waals surface area contributed by atoms with Crippen LogP contribution >= 0.6 is 0 Å². The highest BCUT2D eigenvalue weighted by Crippen LogP contribution is 2.16. The summed E-state index contributed by atoms with van der Waals surface area (Å²) in [7, 11) is 0. The number of nitrogens with zero attached hydrogens (tertiary/aromatic N) is 6. The first-order valence-corrected chi connectivity index (χ1v) is 10.9. The molecule has 0 radical (unpaired) electrons. The molecule has 2 atom stereocenters. The second-order valence-electron chi connectivity index (χ2n) is 8.22. The molecule has 0 aliphatic carbocycles. The van der Waals surface area contributed by atoms with Crippen molar-refractivity contribution >= 4 is 5.78 Å². The van der Waals surface area contributed by atoms with E-state index in [-0.39, 0.29) is 5.78 Å². The Kier molecular flexibility index (Phi) is 7.18. The molecule has 9 nitrogen and oxygen atoms in total. The van der Waals surface area contributed by atoms with Crippen molar-refractivity contribution in [2.75, 3.05) is 6.61 Å². The lowest BCUT2D eigenvalue weighted by atomic mass is 10.1. The lowest BCUT2D eigenvalue weighted by Gasteiger charge is -2.25. The molecule has 0 bridgehead atoms. The third-order valence-corrected chi connectivity index (χ3v) is 5.15. The number of ether oxygens (including phenoxy) is 2. The average molecular weight is 437 g/mol. The van der Waals surface area contributed by atoms with Gasteiger partial charge in [-0.3, -0.25) is 9.48 Å². The molecule has 3 aromatic rings. The van der Waals surface area contributed by atoms with Crippen LogP contribution in [0.15, 0.2) is 54.9 Å². The molecule has 4 rings (SSSR count). The molecule has 32 heavy (non-hydrogen) atoms. The summed E-state index contributed by atoms with van der Waals surface area (Å²) < 4.78 is 14.9. The van der Waals surface area contributed by atoms with Gasteiger partial charge < -0.3 is 9.47 Å². The second-order valence-corrected chi connectivity index (χ2v) is 8.22. The van der Waals surface area contributed by atoms with Crippen LogP contribution in [-0.4, -0.2) is 54.8 Å². The van der Waals surface area contributed by atoms with Crippen molar-refractivity contribution in [1.82, 2.24) is 30.0 Å². The monoisotopic (exact) mass is 436 g/mol. The fraction of sp³-hybridized carbons (Fsp3) is 0.435. The Morgan fingerprint density at radius 1 is 1.09 bits per heavy atom. The predicted octanol–water partition coefficient (Wildman–Crippen LogP) is 2.69. The van der Waals surface area contributed by atoms with Crippen LogP contribution in [0.2, 0.25) is 0 Å². The van der Waals surface area contributed by atoms with E-state index in [4.69, 9.17) is 9.47 Å². The van der Waals surface area contributed by atoms with Crippen LogP contribution in [0, 0.1) is 5.92 Å². The summed E-state index contributed by atoms with van der Waals surface area (Å²) in [4.78, 5) is 12.2. The summed E-state index contributed by atoms with van der Waals surface area (Å²) in [5, 5.41) is 16.8. The van der Waals surface area contributed by atoms with Crippen LogP contribution in [0.5, 0.6) is 0 Å². The summed E-state index contributed by atoms with van der Waals surface area (Å²) in [6.45, 7) is 5.80. The van der Waals surface area contributed by atoms with Gasteiger partial charge in [-0.15, -0.1) is 10.2 Å². The number of hydrogen-bond acceptors (Lipinski definition) is 7. The maximum absolute atomic E-state index is 12.2. The van der Waals surface area contributed by atoms with Crippen LogP contribution in [0.3, 0.4) is 0 Å². The van der Waals surface area contributed by atoms with Crippen LogP contribution in [-0.2, 0) is 33.8 Å². The van der Waals surface area contributed by atoms with Crippen molar-refractivity contribution in [2.24, 2.45) is 5.92 Å². The summed E-state index contributed by atoms with van der Waals surface area (Å²) in [6.07, 6.45) is 7.39. The molecule has 9 heteroatoms. The van der Waals surface area contributed by atoms with Gasteiger partial charge in [-0.1, -0.05) is 54.6 Å². The molecule has 1 aliphatic heterocycles. The Bertz CT molecular complexity index is 1040. The van der Waals surface area contributed by atoms with E-state index in [9.17, 15) is 4.79 Å². The lowest BCUT2D eigenvalue weighted by Crippen LogP contribution is -2.36. The summed E-state index contributed by atoms with van der Waals surface area (Å²) in [5.74, 6) is 0.456. The SMILES string of the molecule is CC(C)CCO[C@@H]1C=CC(=O)[C@@H](Cn2cc(CCn3cc(-c4ccccc4)nn3)nn2)O1. The van der Waals surface area contributed by atoms with Crippen molar-refractivity contribution in [3.05, 3.63) is 60.6 Å². The number of hydrogen-bond donors (Lipinski definition) is 0. The number of carbonyl (C=O) groups is 1. The lowest BCUT2D eigenvalue weighted by molar-refractivity contribution is -0.166. The van der Waals surface area contributed by atoms with Gasteiger partial charge in [0.05, 0.1) is 25.0 Å². The van der Waals surface area contributed by atoms with E-state index in [0.29, 0.717) is 32.0 Å². The van der Waals surface area contributed by atoms with Gasteiger partial charge in [-0.05, 0) is 24.5 Å². The third-order valence-electron chi connectivity index (χ3n) is 5.15. The normalized spacial score (nSPS) is 18.5. The minimum atomic E-state index is -0.637. The van der Waals surface area contributed by atoms with E-state index >= 15 is 0 Å². The largest absolute Gasteiger partial charge is 0.349 e. The number of ketones is 1. The van der Waals surface area contributed by atoms with E-state index in [2.05, 4.69) is 34.5 Å². The van der Waals surface area contributed by atoms with Gasteiger partial charge in [0.2, 0.25) is 0 Å². The minimum Gasteiger partial charge on any atom is -0.349 e. The zero-order valence-electron chi connectivity index (χ0n) is 18.4. The molecule has 0 saturated heterocycles. The van der Waals surface area contributed by atoms with Gasteiger partial charge in [0.15, 0.2) is 12.1 Å².